The third-order valence-electron chi connectivity index (χ3n) is 3.60. The molecule has 1 rings (SSSR count). The van der Waals surface area contributed by atoms with E-state index in [1.165, 1.54) is 18.4 Å². The molecule has 1 aliphatic rings. The van der Waals surface area contributed by atoms with Crippen LogP contribution in [0.15, 0.2) is 0 Å². The van der Waals surface area contributed by atoms with Crippen LogP contribution in [0.25, 0.3) is 0 Å². The molecular formula is C10H20N2O4S. The van der Waals surface area contributed by atoms with Crippen molar-refractivity contribution in [3.05, 3.63) is 0 Å². The third kappa shape index (κ3) is 2.61. The molecule has 7 heteroatoms. The molecule has 1 saturated heterocycles. The molecule has 1 aliphatic heterocycles. The zero-order valence-corrected chi connectivity index (χ0v) is 11.3. The van der Waals surface area contributed by atoms with Gasteiger partial charge < -0.3 is 5.11 Å². The van der Waals surface area contributed by atoms with E-state index in [2.05, 4.69) is 0 Å². The highest BCUT2D eigenvalue weighted by atomic mass is 32.2. The summed E-state index contributed by atoms with van der Waals surface area (Å²) in [5.74, 6) is -0.818. The van der Waals surface area contributed by atoms with Crippen LogP contribution in [0.5, 0.6) is 0 Å². The fourth-order valence-electron chi connectivity index (χ4n) is 2.09. The van der Waals surface area contributed by atoms with Crippen molar-refractivity contribution in [3.63, 3.8) is 0 Å². The number of carboxylic acid groups (broad SMARTS) is 1. The van der Waals surface area contributed by atoms with Gasteiger partial charge in [0.15, 0.2) is 0 Å². The zero-order chi connectivity index (χ0) is 13.3. The molecule has 1 N–H and O–H groups in total. The number of piperidine rings is 1. The van der Waals surface area contributed by atoms with Crippen LogP contribution in [0.3, 0.4) is 0 Å². The summed E-state index contributed by atoms with van der Waals surface area (Å²) in [4.78, 5) is 11.2. The quantitative estimate of drug-likeness (QED) is 0.795. The Morgan fingerprint density at radius 3 is 2.12 bits per heavy atom. The number of aliphatic carboxylic acids is 1. The van der Waals surface area contributed by atoms with E-state index in [9.17, 15) is 18.3 Å². The molecule has 6 nitrogen and oxygen atoms in total. The Bertz CT molecular complexity index is 383. The van der Waals surface area contributed by atoms with Crippen LogP contribution in [0, 0.1) is 5.41 Å². The Morgan fingerprint density at radius 1 is 1.35 bits per heavy atom. The van der Waals surface area contributed by atoms with E-state index in [1.54, 1.807) is 0 Å². The minimum atomic E-state index is -3.41. The lowest BCUT2D eigenvalue weighted by molar-refractivity contribution is -0.151. The third-order valence-corrected chi connectivity index (χ3v) is 5.54. The van der Waals surface area contributed by atoms with Crippen molar-refractivity contribution in [2.45, 2.75) is 26.2 Å². The molecule has 0 spiro atoms. The fourth-order valence-corrected chi connectivity index (χ4v) is 3.20. The number of hydrogen-bond acceptors (Lipinski definition) is 3. The van der Waals surface area contributed by atoms with Gasteiger partial charge in [0.1, 0.15) is 0 Å². The van der Waals surface area contributed by atoms with Gasteiger partial charge in [-0.1, -0.05) is 6.92 Å². The van der Waals surface area contributed by atoms with Crippen molar-refractivity contribution in [1.29, 1.82) is 0 Å². The van der Waals surface area contributed by atoms with Crippen molar-refractivity contribution >= 4 is 16.2 Å². The Balaban J connectivity index is 2.78. The number of carboxylic acids is 1. The smallest absolute Gasteiger partial charge is 0.309 e. The van der Waals surface area contributed by atoms with Crippen molar-refractivity contribution in [2.24, 2.45) is 5.41 Å². The van der Waals surface area contributed by atoms with Gasteiger partial charge in [-0.15, -0.1) is 0 Å². The first-order valence-electron chi connectivity index (χ1n) is 5.67. The normalized spacial score (nSPS) is 21.6. The molecule has 0 amide bonds. The van der Waals surface area contributed by atoms with E-state index < -0.39 is 21.6 Å². The highest BCUT2D eigenvalue weighted by Gasteiger charge is 2.42. The summed E-state index contributed by atoms with van der Waals surface area (Å²) in [5.41, 5.74) is -0.752. The van der Waals surface area contributed by atoms with Crippen LogP contribution in [-0.2, 0) is 15.0 Å². The van der Waals surface area contributed by atoms with E-state index in [-0.39, 0.29) is 13.1 Å². The van der Waals surface area contributed by atoms with E-state index in [4.69, 9.17) is 0 Å². The number of hydrogen-bond donors (Lipinski definition) is 1. The minimum absolute atomic E-state index is 0.278. The maximum absolute atomic E-state index is 11.9. The minimum Gasteiger partial charge on any atom is -0.481 e. The van der Waals surface area contributed by atoms with Gasteiger partial charge in [0.2, 0.25) is 0 Å². The van der Waals surface area contributed by atoms with Crippen LogP contribution in [0.4, 0.5) is 0 Å². The Kier molecular flexibility index (Phi) is 4.16. The van der Waals surface area contributed by atoms with Crippen LogP contribution < -0.4 is 0 Å². The Hall–Kier alpha value is -0.660. The topological polar surface area (TPSA) is 77.9 Å². The molecule has 100 valence electrons. The van der Waals surface area contributed by atoms with E-state index in [0.29, 0.717) is 19.3 Å². The van der Waals surface area contributed by atoms with E-state index in [0.717, 1.165) is 4.31 Å². The highest BCUT2D eigenvalue weighted by Crippen LogP contribution is 2.36. The molecule has 0 aromatic heterocycles. The summed E-state index contributed by atoms with van der Waals surface area (Å²) in [6, 6.07) is 0. The first-order chi connectivity index (χ1) is 7.76. The number of rotatable bonds is 4. The molecule has 0 radical (unpaired) electrons. The van der Waals surface area contributed by atoms with Gasteiger partial charge in [-0.3, -0.25) is 4.79 Å². The second-order valence-corrected chi connectivity index (χ2v) is 6.77. The average Bonchev–Trinajstić information content (AvgIpc) is 2.28. The Labute approximate surface area is 102 Å². The molecule has 1 heterocycles. The molecule has 1 fully saturated rings. The molecule has 0 aromatic carbocycles. The van der Waals surface area contributed by atoms with Crippen LogP contribution in [-0.4, -0.2) is 55.3 Å². The maximum atomic E-state index is 11.9. The first-order valence-corrected chi connectivity index (χ1v) is 7.07. The summed E-state index contributed by atoms with van der Waals surface area (Å²) in [6.45, 7) is 2.39. The lowest BCUT2D eigenvalue weighted by Crippen LogP contribution is -2.49. The molecule has 0 saturated carbocycles. The van der Waals surface area contributed by atoms with Crippen LogP contribution >= 0.6 is 0 Å². The average molecular weight is 264 g/mol. The SMILES string of the molecule is CCC1(C(=O)O)CCN(S(=O)(=O)N(C)C)CC1. The summed E-state index contributed by atoms with van der Waals surface area (Å²) in [7, 11) is -0.450. The largest absolute Gasteiger partial charge is 0.481 e. The molecule has 0 aromatic rings. The summed E-state index contributed by atoms with van der Waals surface area (Å²) >= 11 is 0. The molecule has 0 aliphatic carbocycles. The van der Waals surface area contributed by atoms with Gasteiger partial charge >= 0.3 is 5.97 Å². The summed E-state index contributed by atoms with van der Waals surface area (Å²) in [6.07, 6.45) is 1.30. The van der Waals surface area contributed by atoms with Crippen molar-refractivity contribution in [3.8, 4) is 0 Å². The molecule has 0 atom stereocenters. The predicted molar refractivity (Wildman–Crippen MR) is 63.8 cm³/mol. The second kappa shape index (κ2) is 4.91. The highest BCUT2D eigenvalue weighted by molar-refractivity contribution is 7.86. The lowest BCUT2D eigenvalue weighted by atomic mass is 9.77. The first kappa shape index (κ1) is 14.4. The van der Waals surface area contributed by atoms with E-state index >= 15 is 0 Å². The number of nitrogens with zero attached hydrogens (tertiary/aromatic N) is 2. The van der Waals surface area contributed by atoms with Gasteiger partial charge in [0.05, 0.1) is 5.41 Å². The fraction of sp³-hybridized carbons (Fsp3) is 0.900. The van der Waals surface area contributed by atoms with Crippen LogP contribution in [0.2, 0.25) is 0 Å². The molecule has 17 heavy (non-hydrogen) atoms. The Morgan fingerprint density at radius 2 is 1.82 bits per heavy atom. The number of carbonyl (C=O) groups is 1. The van der Waals surface area contributed by atoms with Gasteiger partial charge in [0.25, 0.3) is 10.2 Å². The van der Waals surface area contributed by atoms with Crippen LogP contribution in [0.1, 0.15) is 26.2 Å². The van der Waals surface area contributed by atoms with Gasteiger partial charge in [-0.2, -0.15) is 17.0 Å². The maximum Gasteiger partial charge on any atom is 0.309 e. The summed E-state index contributed by atoms with van der Waals surface area (Å²) in [5, 5.41) is 9.21. The van der Waals surface area contributed by atoms with Crippen molar-refractivity contribution in [1.82, 2.24) is 8.61 Å². The van der Waals surface area contributed by atoms with Crippen molar-refractivity contribution in [2.75, 3.05) is 27.2 Å². The molecule has 0 unspecified atom stereocenters. The van der Waals surface area contributed by atoms with Gasteiger partial charge in [0, 0.05) is 27.2 Å². The molecular weight excluding hydrogens is 244 g/mol. The van der Waals surface area contributed by atoms with Gasteiger partial charge in [-0.25, -0.2) is 0 Å². The monoisotopic (exact) mass is 264 g/mol. The van der Waals surface area contributed by atoms with E-state index in [1.807, 2.05) is 6.92 Å². The zero-order valence-electron chi connectivity index (χ0n) is 10.5. The predicted octanol–water partition coefficient (Wildman–Crippen LogP) is 0.370. The summed E-state index contributed by atoms with van der Waals surface area (Å²) < 4.78 is 26.2. The van der Waals surface area contributed by atoms with Gasteiger partial charge in [-0.05, 0) is 19.3 Å². The standard InChI is InChI=1S/C10H20N2O4S/c1-4-10(9(13)14)5-7-12(8-6-10)17(15,16)11(2)3/h4-8H2,1-3H3,(H,13,14). The lowest BCUT2D eigenvalue weighted by Gasteiger charge is -2.38. The second-order valence-electron chi connectivity index (χ2n) is 4.63. The molecule has 0 bridgehead atoms. The van der Waals surface area contributed by atoms with Crippen molar-refractivity contribution < 1.29 is 18.3 Å².